The Morgan fingerprint density at radius 2 is 0.556 bits per heavy atom. The van der Waals surface area contributed by atoms with Crippen molar-refractivity contribution in [3.05, 3.63) is 0 Å². The van der Waals surface area contributed by atoms with E-state index in [1.165, 1.54) is 0 Å². The summed E-state index contributed by atoms with van der Waals surface area (Å²) >= 11 is -3.28. The van der Waals surface area contributed by atoms with Crippen LogP contribution in [0.4, 0.5) is 0 Å². The third kappa shape index (κ3) is 201. The van der Waals surface area contributed by atoms with Crippen molar-refractivity contribution in [2.75, 3.05) is 0 Å². The van der Waals surface area contributed by atoms with E-state index in [1.54, 1.807) is 0 Å². The molecule has 0 rings (SSSR count). The fraction of sp³-hybridized carbons (Fsp3) is 0. The summed E-state index contributed by atoms with van der Waals surface area (Å²) in [5.74, 6) is 0. The van der Waals surface area contributed by atoms with Gasteiger partial charge in [0.2, 0.25) is 0 Å². The Morgan fingerprint density at radius 1 is 0.556 bits per heavy atom. The van der Waals surface area contributed by atoms with E-state index in [1.807, 2.05) is 0 Å². The topological polar surface area (TPSA) is 126 Å². The van der Waals surface area contributed by atoms with Gasteiger partial charge in [-0.15, -0.1) is 0 Å². The van der Waals surface area contributed by atoms with Gasteiger partial charge in [-0.3, -0.25) is 0 Å². The minimum absolute atomic E-state index is 0. The van der Waals surface area contributed by atoms with Gasteiger partial charge in [-0.05, 0) is 0 Å². The summed E-state index contributed by atoms with van der Waals surface area (Å²) < 4.78 is 0. The molecule has 0 radical (unpaired) electrons. The quantitative estimate of drug-likeness (QED) is 0.520. The molecule has 9 heavy (non-hydrogen) atoms. The summed E-state index contributed by atoms with van der Waals surface area (Å²) in [6, 6.07) is 0. The standard InChI is InChI=1S/4ClH.4H2O.W/h4*1H;4*1H2;/q;;;;;;;;+4/p-4. The van der Waals surface area contributed by atoms with Crippen molar-refractivity contribution in [1.29, 1.82) is 0 Å². The summed E-state index contributed by atoms with van der Waals surface area (Å²) in [5.41, 5.74) is 0. The van der Waals surface area contributed by atoms with Crippen molar-refractivity contribution in [2.45, 2.75) is 0 Å². The molecule has 0 unspecified atom stereocenters. The fourth-order valence-corrected chi connectivity index (χ4v) is 0. The second-order valence-electron chi connectivity index (χ2n) is 0.350. The Labute approximate surface area is 71.2 Å². The molecular formula is H8Cl4O4W. The predicted octanol–water partition coefficient (Wildman–Crippen LogP) is -0.543. The Balaban J connectivity index is -0.0000000133. The molecule has 0 saturated carbocycles. The van der Waals surface area contributed by atoms with Gasteiger partial charge in [-0.2, -0.15) is 0 Å². The SMILES string of the molecule is O.O.O.O.[Cl][W]([Cl])([Cl])[Cl]. The van der Waals surface area contributed by atoms with Crippen LogP contribution in [0.1, 0.15) is 0 Å². The van der Waals surface area contributed by atoms with Gasteiger partial charge < -0.3 is 21.9 Å². The molecule has 0 aromatic carbocycles. The van der Waals surface area contributed by atoms with Crippen molar-refractivity contribution in [1.82, 2.24) is 0 Å². The molecule has 0 aliphatic heterocycles. The van der Waals surface area contributed by atoms with Crippen LogP contribution in [0.5, 0.6) is 0 Å². The third-order valence-electron chi connectivity index (χ3n) is 0. The molecule has 0 aromatic rings. The Kier molecular flexibility index (Phi) is 42.6. The van der Waals surface area contributed by atoms with Gasteiger partial charge in [0.15, 0.2) is 0 Å². The van der Waals surface area contributed by atoms with E-state index in [4.69, 9.17) is 37.7 Å². The van der Waals surface area contributed by atoms with Crippen molar-refractivity contribution >= 4 is 37.7 Å². The molecule has 8 N–H and O–H groups in total. The van der Waals surface area contributed by atoms with E-state index in [2.05, 4.69) is 0 Å². The summed E-state index contributed by atoms with van der Waals surface area (Å²) in [4.78, 5) is 0. The fourth-order valence-electron chi connectivity index (χ4n) is 0. The number of halogens is 4. The monoisotopic (exact) mass is 396 g/mol. The molecule has 0 aromatic heterocycles. The van der Waals surface area contributed by atoms with Crippen LogP contribution in [0.25, 0.3) is 0 Å². The first-order valence-electron chi connectivity index (χ1n) is 0.617. The van der Waals surface area contributed by atoms with Gasteiger partial charge in [0.05, 0.1) is 0 Å². The summed E-state index contributed by atoms with van der Waals surface area (Å²) in [6.07, 6.45) is 0. The normalized spacial score (nSPS) is 8.44. The van der Waals surface area contributed by atoms with E-state index >= 15 is 0 Å². The molecular weight excluding hydrogens is 390 g/mol. The number of rotatable bonds is 0. The second-order valence-corrected chi connectivity index (χ2v) is 25.8. The van der Waals surface area contributed by atoms with Gasteiger partial charge in [-0.25, -0.2) is 0 Å². The number of hydrogen-bond donors (Lipinski definition) is 0. The molecule has 0 aliphatic carbocycles. The van der Waals surface area contributed by atoms with Crippen LogP contribution in [0.2, 0.25) is 0 Å². The van der Waals surface area contributed by atoms with Crippen molar-refractivity contribution < 1.29 is 33.8 Å². The average molecular weight is 398 g/mol. The molecule has 0 aliphatic rings. The van der Waals surface area contributed by atoms with Crippen molar-refractivity contribution in [3.63, 3.8) is 0 Å². The van der Waals surface area contributed by atoms with E-state index in [0.717, 1.165) is 0 Å². The Bertz CT molecular complexity index is 28.0. The van der Waals surface area contributed by atoms with Gasteiger partial charge >= 0.3 is 49.6 Å². The molecule has 4 nitrogen and oxygen atoms in total. The second kappa shape index (κ2) is 12.4. The van der Waals surface area contributed by atoms with E-state index in [-0.39, 0.29) is 21.9 Å². The minimum atomic E-state index is -3.28. The van der Waals surface area contributed by atoms with Crippen molar-refractivity contribution in [2.24, 2.45) is 0 Å². The first-order valence-corrected chi connectivity index (χ1v) is 15.2. The zero-order valence-corrected chi connectivity index (χ0v) is 9.88. The third-order valence-corrected chi connectivity index (χ3v) is 0. The molecule has 9 heteroatoms. The molecule has 66 valence electrons. The van der Waals surface area contributed by atoms with Gasteiger partial charge in [0.1, 0.15) is 0 Å². The van der Waals surface area contributed by atoms with Crippen LogP contribution in [0, 0.1) is 0 Å². The van der Waals surface area contributed by atoms with E-state index in [9.17, 15) is 0 Å². The van der Waals surface area contributed by atoms with Crippen LogP contribution in [-0.2, 0) is 11.9 Å². The van der Waals surface area contributed by atoms with Crippen LogP contribution in [-0.4, -0.2) is 21.9 Å². The van der Waals surface area contributed by atoms with Gasteiger partial charge in [0.25, 0.3) is 0 Å². The first kappa shape index (κ1) is 31.0. The van der Waals surface area contributed by atoms with E-state index < -0.39 is 11.9 Å². The van der Waals surface area contributed by atoms with E-state index in [0.29, 0.717) is 0 Å². The summed E-state index contributed by atoms with van der Waals surface area (Å²) in [6.45, 7) is 0. The van der Waals surface area contributed by atoms with Crippen molar-refractivity contribution in [3.8, 4) is 0 Å². The maximum absolute atomic E-state index is 5.03. The van der Waals surface area contributed by atoms with Gasteiger partial charge in [-0.1, -0.05) is 0 Å². The molecule has 0 heterocycles. The van der Waals surface area contributed by atoms with Crippen LogP contribution in [0.3, 0.4) is 0 Å². The predicted molar refractivity (Wildman–Crippen MR) is 37.9 cm³/mol. The van der Waals surface area contributed by atoms with Crippen LogP contribution in [0.15, 0.2) is 0 Å². The summed E-state index contributed by atoms with van der Waals surface area (Å²) in [5, 5.41) is 0. The Morgan fingerprint density at radius 3 is 0.556 bits per heavy atom. The maximum atomic E-state index is 5.03. The van der Waals surface area contributed by atoms with Gasteiger partial charge in [0, 0.05) is 0 Å². The first-order chi connectivity index (χ1) is 2.00. The average Bonchev–Trinajstić information content (AvgIpc) is 0.722. The zero-order chi connectivity index (χ0) is 4.50. The molecule has 0 fully saturated rings. The summed E-state index contributed by atoms with van der Waals surface area (Å²) in [7, 11) is 20.1. The number of hydrogen-bond acceptors (Lipinski definition) is 0. The van der Waals surface area contributed by atoms with Crippen LogP contribution < -0.4 is 0 Å². The Hall–Kier alpha value is 1.69. The molecule has 0 bridgehead atoms. The molecule has 0 atom stereocenters. The molecule has 0 amide bonds. The molecule has 0 saturated heterocycles. The molecule has 0 spiro atoms. The zero-order valence-electron chi connectivity index (χ0n) is 3.92. The van der Waals surface area contributed by atoms with Crippen LogP contribution >= 0.6 is 37.7 Å².